The van der Waals surface area contributed by atoms with E-state index in [1.165, 1.54) is 0 Å². The van der Waals surface area contributed by atoms with Crippen LogP contribution < -0.4 is 5.32 Å². The Morgan fingerprint density at radius 1 is 1.22 bits per heavy atom. The third kappa shape index (κ3) is 1.73. The van der Waals surface area contributed by atoms with E-state index in [1.54, 1.807) is 0 Å². The van der Waals surface area contributed by atoms with E-state index in [0.29, 0.717) is 19.3 Å². The summed E-state index contributed by atoms with van der Waals surface area (Å²) in [4.78, 5) is 27.0. The predicted octanol–water partition coefficient (Wildman–Crippen LogP) is 1.83. The quantitative estimate of drug-likeness (QED) is 0.830. The molecule has 1 heterocycles. The minimum Gasteiger partial charge on any atom is -0.340 e. The van der Waals surface area contributed by atoms with Gasteiger partial charge in [0.05, 0.1) is 0 Å². The first-order chi connectivity index (χ1) is 8.44. The Kier molecular flexibility index (Phi) is 3.16. The Morgan fingerprint density at radius 3 is 2.17 bits per heavy atom. The molecule has 0 aromatic carbocycles. The highest BCUT2D eigenvalue weighted by molar-refractivity contribution is 6.00. The maximum absolute atomic E-state index is 12.8. The first-order valence-electron chi connectivity index (χ1n) is 7.10. The summed E-state index contributed by atoms with van der Waals surface area (Å²) in [6.45, 7) is 8.02. The third-order valence-electron chi connectivity index (χ3n) is 4.75. The number of carbonyl (C=O) groups is 2. The summed E-state index contributed by atoms with van der Waals surface area (Å²) < 4.78 is 0. The molecule has 18 heavy (non-hydrogen) atoms. The molecular formula is C14H24N2O2. The summed E-state index contributed by atoms with van der Waals surface area (Å²) in [6.07, 6.45) is 4.06. The fourth-order valence-corrected chi connectivity index (χ4v) is 3.00. The van der Waals surface area contributed by atoms with Crippen molar-refractivity contribution >= 4 is 11.8 Å². The van der Waals surface area contributed by atoms with Gasteiger partial charge in [-0.25, -0.2) is 0 Å². The minimum atomic E-state index is -0.672. The van der Waals surface area contributed by atoms with Crippen LogP contribution in [-0.2, 0) is 9.59 Å². The summed E-state index contributed by atoms with van der Waals surface area (Å²) in [6, 6.07) is -0.281. The topological polar surface area (TPSA) is 49.4 Å². The van der Waals surface area contributed by atoms with Gasteiger partial charge < -0.3 is 10.2 Å². The van der Waals surface area contributed by atoms with Gasteiger partial charge >= 0.3 is 0 Å². The van der Waals surface area contributed by atoms with Crippen LogP contribution in [-0.4, -0.2) is 33.8 Å². The number of nitrogens with zero attached hydrogens (tertiary/aromatic N) is 1. The molecule has 1 aliphatic heterocycles. The molecular weight excluding hydrogens is 228 g/mol. The van der Waals surface area contributed by atoms with Gasteiger partial charge in [0.2, 0.25) is 11.8 Å². The Hall–Kier alpha value is -1.06. The molecule has 1 aliphatic carbocycles. The zero-order chi connectivity index (χ0) is 13.6. The largest absolute Gasteiger partial charge is 0.340 e. The maximum atomic E-state index is 12.8. The summed E-state index contributed by atoms with van der Waals surface area (Å²) in [5.41, 5.74) is -0.751. The molecule has 2 amide bonds. The minimum absolute atomic E-state index is 0.0222. The normalized spacial score (nSPS) is 29.1. The second kappa shape index (κ2) is 4.25. The van der Waals surface area contributed by atoms with Gasteiger partial charge in [-0.3, -0.25) is 9.59 Å². The van der Waals surface area contributed by atoms with Crippen molar-refractivity contribution in [2.45, 2.75) is 76.9 Å². The van der Waals surface area contributed by atoms with Crippen molar-refractivity contribution in [3.8, 4) is 0 Å². The molecule has 1 saturated heterocycles. The molecule has 1 atom stereocenters. The number of nitrogens with one attached hydrogen (secondary N) is 1. The molecule has 0 aromatic heterocycles. The van der Waals surface area contributed by atoms with Crippen molar-refractivity contribution in [2.75, 3.05) is 0 Å². The summed E-state index contributed by atoms with van der Waals surface area (Å²) in [5, 5.41) is 2.98. The highest BCUT2D eigenvalue weighted by Crippen LogP contribution is 2.45. The van der Waals surface area contributed by atoms with Crippen molar-refractivity contribution in [3.63, 3.8) is 0 Å². The molecule has 4 nitrogen and oxygen atoms in total. The van der Waals surface area contributed by atoms with Crippen LogP contribution in [0.2, 0.25) is 0 Å². The lowest BCUT2D eigenvalue weighted by Crippen LogP contribution is -2.71. The first kappa shape index (κ1) is 13.4. The summed E-state index contributed by atoms with van der Waals surface area (Å²) in [7, 11) is 0. The maximum Gasteiger partial charge on any atom is 0.249 e. The molecule has 2 aliphatic rings. The zero-order valence-corrected chi connectivity index (χ0v) is 11.9. The SMILES string of the molecule is CCC1C(=O)NC(CC)(CC)C(=O)N1C1(C)CC1. The number of carbonyl (C=O) groups excluding carboxylic acids is 2. The smallest absolute Gasteiger partial charge is 0.249 e. The van der Waals surface area contributed by atoms with Gasteiger partial charge in [-0.1, -0.05) is 20.8 Å². The Balaban J connectivity index is 2.39. The van der Waals surface area contributed by atoms with E-state index in [9.17, 15) is 9.59 Å². The molecule has 1 N–H and O–H groups in total. The van der Waals surface area contributed by atoms with E-state index >= 15 is 0 Å². The molecule has 1 saturated carbocycles. The van der Waals surface area contributed by atoms with Crippen LogP contribution in [0.4, 0.5) is 0 Å². The highest BCUT2D eigenvalue weighted by Gasteiger charge is 2.57. The Labute approximate surface area is 109 Å². The van der Waals surface area contributed by atoms with Crippen molar-refractivity contribution in [2.24, 2.45) is 0 Å². The van der Waals surface area contributed by atoms with Crippen molar-refractivity contribution in [1.29, 1.82) is 0 Å². The Bertz CT molecular complexity index is 370. The number of rotatable bonds is 4. The van der Waals surface area contributed by atoms with Crippen LogP contribution in [0, 0.1) is 0 Å². The van der Waals surface area contributed by atoms with Crippen LogP contribution in [0.15, 0.2) is 0 Å². The lowest BCUT2D eigenvalue weighted by Gasteiger charge is -2.48. The fraction of sp³-hybridized carbons (Fsp3) is 0.857. The molecule has 0 spiro atoms. The number of hydrogen-bond donors (Lipinski definition) is 1. The van der Waals surface area contributed by atoms with Crippen molar-refractivity contribution in [3.05, 3.63) is 0 Å². The number of piperazine rings is 1. The molecule has 0 radical (unpaired) electrons. The second-order valence-electron chi connectivity index (χ2n) is 5.87. The lowest BCUT2D eigenvalue weighted by atomic mass is 9.85. The first-order valence-corrected chi connectivity index (χ1v) is 7.10. The van der Waals surface area contributed by atoms with Crippen LogP contribution >= 0.6 is 0 Å². The van der Waals surface area contributed by atoms with Crippen LogP contribution in [0.5, 0.6) is 0 Å². The van der Waals surface area contributed by atoms with Crippen LogP contribution in [0.1, 0.15) is 59.8 Å². The molecule has 102 valence electrons. The van der Waals surface area contributed by atoms with Crippen molar-refractivity contribution in [1.82, 2.24) is 10.2 Å². The van der Waals surface area contributed by atoms with E-state index in [0.717, 1.165) is 12.8 Å². The average Bonchev–Trinajstić information content (AvgIpc) is 3.10. The van der Waals surface area contributed by atoms with Gasteiger partial charge in [0, 0.05) is 5.54 Å². The molecule has 4 heteroatoms. The number of amides is 2. The van der Waals surface area contributed by atoms with E-state index < -0.39 is 5.54 Å². The standard InChI is InChI=1S/C14H24N2O2/c1-5-10-11(17)15-14(6-2,7-3)12(18)16(10)13(4)8-9-13/h10H,5-9H2,1-4H3,(H,15,17). The van der Waals surface area contributed by atoms with E-state index in [-0.39, 0.29) is 23.4 Å². The third-order valence-corrected chi connectivity index (χ3v) is 4.75. The van der Waals surface area contributed by atoms with Gasteiger partial charge in [-0.2, -0.15) is 0 Å². The predicted molar refractivity (Wildman–Crippen MR) is 70.0 cm³/mol. The van der Waals surface area contributed by atoms with Gasteiger partial charge in [0.25, 0.3) is 0 Å². The molecule has 2 rings (SSSR count). The zero-order valence-electron chi connectivity index (χ0n) is 11.9. The Morgan fingerprint density at radius 2 is 1.78 bits per heavy atom. The second-order valence-corrected chi connectivity index (χ2v) is 5.87. The van der Waals surface area contributed by atoms with Crippen molar-refractivity contribution < 1.29 is 9.59 Å². The average molecular weight is 252 g/mol. The van der Waals surface area contributed by atoms with E-state index in [4.69, 9.17) is 0 Å². The summed E-state index contributed by atoms with van der Waals surface area (Å²) in [5.74, 6) is 0.146. The highest BCUT2D eigenvalue weighted by atomic mass is 16.2. The van der Waals surface area contributed by atoms with Gasteiger partial charge in [0.1, 0.15) is 11.6 Å². The summed E-state index contributed by atoms with van der Waals surface area (Å²) >= 11 is 0. The molecule has 0 aromatic rings. The molecule has 2 fully saturated rings. The van der Waals surface area contributed by atoms with Crippen LogP contribution in [0.25, 0.3) is 0 Å². The van der Waals surface area contributed by atoms with Gasteiger partial charge in [0.15, 0.2) is 0 Å². The van der Waals surface area contributed by atoms with Crippen LogP contribution in [0.3, 0.4) is 0 Å². The fourth-order valence-electron chi connectivity index (χ4n) is 3.00. The molecule has 0 bridgehead atoms. The monoisotopic (exact) mass is 252 g/mol. The number of hydrogen-bond acceptors (Lipinski definition) is 2. The lowest BCUT2D eigenvalue weighted by molar-refractivity contribution is -0.159. The van der Waals surface area contributed by atoms with E-state index in [2.05, 4.69) is 12.2 Å². The van der Waals surface area contributed by atoms with Gasteiger partial charge in [-0.05, 0) is 39.0 Å². The van der Waals surface area contributed by atoms with E-state index in [1.807, 2.05) is 25.7 Å². The molecule has 1 unspecified atom stereocenters. The van der Waals surface area contributed by atoms with Gasteiger partial charge in [-0.15, -0.1) is 0 Å².